The van der Waals surface area contributed by atoms with Gasteiger partial charge in [0.1, 0.15) is 0 Å². The third-order valence-electron chi connectivity index (χ3n) is 1.95. The van der Waals surface area contributed by atoms with Crippen molar-refractivity contribution in [2.45, 2.75) is 26.2 Å². The van der Waals surface area contributed by atoms with Crippen LogP contribution in [0.25, 0.3) is 0 Å². The van der Waals surface area contributed by atoms with E-state index in [1.165, 1.54) is 0 Å². The zero-order chi connectivity index (χ0) is 13.7. The standard InChI is InChI=1S/C7H19N3.C3H8O3S/c1-10(6-2-4-8)7-3-5-9;1-2-3-7(4,5)6/h2-9H2,1H3;2-3H2,1H3,(H,4,5,6). The number of hydrogen-bond acceptors (Lipinski definition) is 5. The predicted octanol–water partition coefficient (Wildman–Crippen LogP) is -0.1000. The summed E-state index contributed by atoms with van der Waals surface area (Å²) in [5.41, 5.74) is 10.7. The molecule has 0 aliphatic carbocycles. The van der Waals surface area contributed by atoms with E-state index < -0.39 is 10.1 Å². The Morgan fingerprint density at radius 1 is 1.12 bits per heavy atom. The SMILES string of the molecule is CCCS(=O)(=O)O.CN(CCCN)CCCN. The van der Waals surface area contributed by atoms with Crippen molar-refractivity contribution < 1.29 is 13.0 Å². The molecule has 0 saturated heterocycles. The first-order chi connectivity index (χ1) is 7.87. The van der Waals surface area contributed by atoms with Crippen LogP contribution in [0.15, 0.2) is 0 Å². The number of hydrogen-bond donors (Lipinski definition) is 3. The van der Waals surface area contributed by atoms with Crippen molar-refractivity contribution in [1.82, 2.24) is 4.90 Å². The van der Waals surface area contributed by atoms with Crippen LogP contribution in [-0.4, -0.2) is 56.9 Å². The molecule has 0 unspecified atom stereocenters. The van der Waals surface area contributed by atoms with Gasteiger partial charge in [-0.05, 0) is 52.5 Å². The Balaban J connectivity index is 0. The number of rotatable bonds is 8. The molecule has 0 saturated carbocycles. The molecule has 0 aromatic heterocycles. The van der Waals surface area contributed by atoms with Crippen molar-refractivity contribution in [2.75, 3.05) is 39.0 Å². The Labute approximate surface area is 105 Å². The smallest absolute Gasteiger partial charge is 0.264 e. The highest BCUT2D eigenvalue weighted by molar-refractivity contribution is 7.85. The van der Waals surface area contributed by atoms with Gasteiger partial charge in [0.25, 0.3) is 10.1 Å². The van der Waals surface area contributed by atoms with Gasteiger partial charge in [-0.25, -0.2) is 0 Å². The average Bonchev–Trinajstić information content (AvgIpc) is 2.22. The largest absolute Gasteiger partial charge is 0.330 e. The van der Waals surface area contributed by atoms with Gasteiger partial charge in [0.05, 0.1) is 5.75 Å². The van der Waals surface area contributed by atoms with E-state index in [-0.39, 0.29) is 5.75 Å². The zero-order valence-electron chi connectivity index (χ0n) is 10.9. The highest BCUT2D eigenvalue weighted by atomic mass is 32.2. The van der Waals surface area contributed by atoms with E-state index in [1.54, 1.807) is 6.92 Å². The Kier molecular flexibility index (Phi) is 13.8. The molecule has 0 aromatic rings. The molecule has 0 aromatic carbocycles. The summed E-state index contributed by atoms with van der Waals surface area (Å²) in [5.74, 6) is -0.132. The minimum Gasteiger partial charge on any atom is -0.330 e. The second kappa shape index (κ2) is 12.3. The summed E-state index contributed by atoms with van der Waals surface area (Å²) in [6, 6.07) is 0. The molecule has 0 amide bonds. The highest BCUT2D eigenvalue weighted by Gasteiger charge is 1.98. The lowest BCUT2D eigenvalue weighted by molar-refractivity contribution is 0.329. The van der Waals surface area contributed by atoms with Crippen LogP contribution in [0.1, 0.15) is 26.2 Å². The lowest BCUT2D eigenvalue weighted by atomic mass is 10.3. The van der Waals surface area contributed by atoms with Crippen molar-refractivity contribution in [2.24, 2.45) is 11.5 Å². The van der Waals surface area contributed by atoms with Crippen LogP contribution in [0.3, 0.4) is 0 Å². The molecular weight excluding hydrogens is 242 g/mol. The maximum absolute atomic E-state index is 9.79. The van der Waals surface area contributed by atoms with Gasteiger partial charge in [-0.1, -0.05) is 6.92 Å². The van der Waals surface area contributed by atoms with Gasteiger partial charge in [-0.2, -0.15) is 8.42 Å². The van der Waals surface area contributed by atoms with Crippen LogP contribution in [-0.2, 0) is 10.1 Å². The second-order valence-electron chi connectivity index (χ2n) is 3.87. The first-order valence-electron chi connectivity index (χ1n) is 5.91. The molecule has 0 radical (unpaired) electrons. The topological polar surface area (TPSA) is 110 Å². The molecule has 0 atom stereocenters. The van der Waals surface area contributed by atoms with Crippen LogP contribution in [0.4, 0.5) is 0 Å². The quantitative estimate of drug-likeness (QED) is 0.531. The summed E-state index contributed by atoms with van der Waals surface area (Å²) in [5, 5.41) is 0. The van der Waals surface area contributed by atoms with Crippen molar-refractivity contribution in [3.63, 3.8) is 0 Å². The Hall–Kier alpha value is -0.210. The summed E-state index contributed by atoms with van der Waals surface area (Å²) in [6.45, 7) is 5.45. The Bertz CT molecular complexity index is 237. The van der Waals surface area contributed by atoms with Gasteiger partial charge in [0.2, 0.25) is 0 Å². The molecule has 5 N–H and O–H groups in total. The number of nitrogens with zero attached hydrogens (tertiary/aromatic N) is 1. The molecule has 0 rings (SSSR count). The van der Waals surface area contributed by atoms with Gasteiger partial charge in [0, 0.05) is 0 Å². The molecule has 0 heterocycles. The molecule has 17 heavy (non-hydrogen) atoms. The average molecular weight is 269 g/mol. The van der Waals surface area contributed by atoms with Gasteiger partial charge in [0.15, 0.2) is 0 Å². The van der Waals surface area contributed by atoms with E-state index in [2.05, 4.69) is 11.9 Å². The van der Waals surface area contributed by atoms with Crippen LogP contribution in [0.5, 0.6) is 0 Å². The Morgan fingerprint density at radius 3 is 1.71 bits per heavy atom. The number of nitrogens with two attached hydrogens (primary N) is 2. The van der Waals surface area contributed by atoms with Gasteiger partial charge in [-0.3, -0.25) is 4.55 Å². The predicted molar refractivity (Wildman–Crippen MR) is 71.5 cm³/mol. The summed E-state index contributed by atoms with van der Waals surface area (Å²) < 4.78 is 27.6. The first-order valence-corrected chi connectivity index (χ1v) is 7.52. The minimum atomic E-state index is -3.67. The van der Waals surface area contributed by atoms with Crippen LogP contribution in [0.2, 0.25) is 0 Å². The minimum absolute atomic E-state index is 0.132. The maximum atomic E-state index is 9.79. The van der Waals surface area contributed by atoms with Crippen molar-refractivity contribution in [3.8, 4) is 0 Å². The fraction of sp³-hybridized carbons (Fsp3) is 1.00. The fourth-order valence-electron chi connectivity index (χ4n) is 1.09. The Morgan fingerprint density at radius 2 is 1.53 bits per heavy atom. The van der Waals surface area contributed by atoms with E-state index in [1.807, 2.05) is 0 Å². The van der Waals surface area contributed by atoms with E-state index in [4.69, 9.17) is 16.0 Å². The zero-order valence-corrected chi connectivity index (χ0v) is 11.7. The third kappa shape index (κ3) is 21.6. The molecule has 6 nitrogen and oxygen atoms in total. The van der Waals surface area contributed by atoms with Crippen molar-refractivity contribution in [3.05, 3.63) is 0 Å². The molecule has 0 spiro atoms. The molecular formula is C10H27N3O3S. The lowest BCUT2D eigenvalue weighted by Crippen LogP contribution is -2.24. The molecule has 7 heteroatoms. The van der Waals surface area contributed by atoms with Gasteiger partial charge < -0.3 is 16.4 Å². The van der Waals surface area contributed by atoms with Crippen molar-refractivity contribution in [1.29, 1.82) is 0 Å². The molecule has 0 aliphatic rings. The van der Waals surface area contributed by atoms with Gasteiger partial charge >= 0.3 is 0 Å². The summed E-state index contributed by atoms with van der Waals surface area (Å²) in [6.07, 6.45) is 2.64. The first kappa shape index (κ1) is 19.1. The van der Waals surface area contributed by atoms with Crippen LogP contribution in [0, 0.1) is 0 Å². The summed E-state index contributed by atoms with van der Waals surface area (Å²) in [7, 11) is -1.57. The maximum Gasteiger partial charge on any atom is 0.264 e. The summed E-state index contributed by atoms with van der Waals surface area (Å²) >= 11 is 0. The lowest BCUT2D eigenvalue weighted by Gasteiger charge is -2.14. The monoisotopic (exact) mass is 269 g/mol. The highest BCUT2D eigenvalue weighted by Crippen LogP contribution is 1.87. The third-order valence-corrected chi connectivity index (χ3v) is 2.87. The van der Waals surface area contributed by atoms with Crippen LogP contribution >= 0.6 is 0 Å². The van der Waals surface area contributed by atoms with E-state index in [0.29, 0.717) is 6.42 Å². The van der Waals surface area contributed by atoms with Gasteiger partial charge in [-0.15, -0.1) is 0 Å². The van der Waals surface area contributed by atoms with E-state index >= 15 is 0 Å². The molecule has 106 valence electrons. The van der Waals surface area contributed by atoms with Crippen molar-refractivity contribution >= 4 is 10.1 Å². The summed E-state index contributed by atoms with van der Waals surface area (Å²) in [4.78, 5) is 2.26. The molecule has 0 bridgehead atoms. The van der Waals surface area contributed by atoms with E-state index in [0.717, 1.165) is 39.0 Å². The fourth-order valence-corrected chi connectivity index (χ4v) is 1.61. The van der Waals surface area contributed by atoms with E-state index in [9.17, 15) is 8.42 Å². The second-order valence-corrected chi connectivity index (χ2v) is 5.45. The molecule has 0 aliphatic heterocycles. The molecule has 0 fully saturated rings. The normalized spacial score (nSPS) is 11.2. The van der Waals surface area contributed by atoms with Crippen LogP contribution < -0.4 is 11.5 Å².